The second kappa shape index (κ2) is 8.06. The van der Waals surface area contributed by atoms with Crippen LogP contribution in [-0.4, -0.2) is 74.2 Å². The molecule has 122 valence electrons. The molecule has 3 heterocycles. The van der Waals surface area contributed by atoms with Crippen LogP contribution in [0.3, 0.4) is 0 Å². The van der Waals surface area contributed by atoms with Crippen LogP contribution in [0.25, 0.3) is 0 Å². The quantitative estimate of drug-likeness (QED) is 0.871. The maximum absolute atomic E-state index is 12.3. The van der Waals surface area contributed by atoms with Crippen molar-refractivity contribution in [3.8, 4) is 0 Å². The number of amides is 1. The highest BCUT2D eigenvalue weighted by molar-refractivity contribution is 7.09. The SMILES string of the molecule is O=C(CC1COCCN1)N1CCN(CCc2cccs2)CC1. The average molecular weight is 323 g/mol. The first-order chi connectivity index (χ1) is 10.8. The molecule has 0 spiro atoms. The molecule has 2 aliphatic rings. The molecule has 3 rings (SSSR count). The van der Waals surface area contributed by atoms with Gasteiger partial charge in [0.15, 0.2) is 0 Å². The topological polar surface area (TPSA) is 44.8 Å². The molecule has 0 aromatic carbocycles. The first-order valence-electron chi connectivity index (χ1n) is 8.15. The van der Waals surface area contributed by atoms with Crippen LogP contribution in [0, 0.1) is 0 Å². The smallest absolute Gasteiger partial charge is 0.224 e. The fraction of sp³-hybridized carbons (Fsp3) is 0.688. The molecule has 0 saturated carbocycles. The fourth-order valence-corrected chi connectivity index (χ4v) is 3.73. The summed E-state index contributed by atoms with van der Waals surface area (Å²) >= 11 is 1.83. The first-order valence-corrected chi connectivity index (χ1v) is 9.03. The Hall–Kier alpha value is -0.950. The van der Waals surface area contributed by atoms with E-state index < -0.39 is 0 Å². The minimum Gasteiger partial charge on any atom is -0.378 e. The van der Waals surface area contributed by atoms with Gasteiger partial charge in [-0.05, 0) is 17.9 Å². The average Bonchev–Trinajstić information content (AvgIpc) is 3.08. The van der Waals surface area contributed by atoms with Crippen molar-refractivity contribution in [2.45, 2.75) is 18.9 Å². The Balaban J connectivity index is 1.36. The normalized spacial score (nSPS) is 23.6. The van der Waals surface area contributed by atoms with Crippen LogP contribution in [0.4, 0.5) is 0 Å². The van der Waals surface area contributed by atoms with E-state index in [1.165, 1.54) is 4.88 Å². The highest BCUT2D eigenvalue weighted by atomic mass is 32.1. The van der Waals surface area contributed by atoms with E-state index >= 15 is 0 Å². The fourth-order valence-electron chi connectivity index (χ4n) is 3.03. The van der Waals surface area contributed by atoms with Crippen molar-refractivity contribution in [3.63, 3.8) is 0 Å². The van der Waals surface area contributed by atoms with E-state index in [0.29, 0.717) is 13.0 Å². The molecule has 1 aromatic heterocycles. The molecule has 2 aliphatic heterocycles. The van der Waals surface area contributed by atoms with Crippen LogP contribution < -0.4 is 5.32 Å². The lowest BCUT2D eigenvalue weighted by atomic mass is 10.1. The molecular weight excluding hydrogens is 298 g/mol. The van der Waals surface area contributed by atoms with E-state index in [0.717, 1.165) is 52.3 Å². The highest BCUT2D eigenvalue weighted by Gasteiger charge is 2.24. The minimum atomic E-state index is 0.193. The summed E-state index contributed by atoms with van der Waals surface area (Å²) in [7, 11) is 0. The molecule has 0 radical (unpaired) electrons. The Morgan fingerprint density at radius 3 is 2.91 bits per heavy atom. The van der Waals surface area contributed by atoms with Crippen molar-refractivity contribution in [3.05, 3.63) is 22.4 Å². The van der Waals surface area contributed by atoms with Gasteiger partial charge in [0.05, 0.1) is 13.2 Å². The van der Waals surface area contributed by atoms with Gasteiger partial charge < -0.3 is 15.0 Å². The lowest BCUT2D eigenvalue weighted by Gasteiger charge is -2.35. The van der Waals surface area contributed by atoms with Crippen LogP contribution in [0.1, 0.15) is 11.3 Å². The van der Waals surface area contributed by atoms with Gasteiger partial charge in [0.1, 0.15) is 0 Å². The molecule has 0 bridgehead atoms. The number of hydrogen-bond acceptors (Lipinski definition) is 5. The van der Waals surface area contributed by atoms with Crippen molar-refractivity contribution in [1.82, 2.24) is 15.1 Å². The number of thiophene rings is 1. The number of hydrogen-bond donors (Lipinski definition) is 1. The van der Waals surface area contributed by atoms with Gasteiger partial charge in [-0.15, -0.1) is 11.3 Å². The predicted molar refractivity (Wildman–Crippen MR) is 88.3 cm³/mol. The lowest BCUT2D eigenvalue weighted by Crippen LogP contribution is -2.51. The van der Waals surface area contributed by atoms with Gasteiger partial charge in [0.2, 0.25) is 5.91 Å². The molecule has 0 aliphatic carbocycles. The number of ether oxygens (including phenoxy) is 1. The van der Waals surface area contributed by atoms with E-state index in [2.05, 4.69) is 27.7 Å². The van der Waals surface area contributed by atoms with Crippen molar-refractivity contribution in [2.75, 3.05) is 52.5 Å². The summed E-state index contributed by atoms with van der Waals surface area (Å²) in [5, 5.41) is 5.49. The summed E-state index contributed by atoms with van der Waals surface area (Å²) in [4.78, 5) is 18.3. The highest BCUT2D eigenvalue weighted by Crippen LogP contribution is 2.12. The molecule has 1 aromatic rings. The molecule has 22 heavy (non-hydrogen) atoms. The maximum Gasteiger partial charge on any atom is 0.224 e. The van der Waals surface area contributed by atoms with Gasteiger partial charge in [-0.3, -0.25) is 9.69 Å². The van der Waals surface area contributed by atoms with Crippen LogP contribution in [0.5, 0.6) is 0 Å². The number of morpholine rings is 1. The number of piperazine rings is 1. The summed E-state index contributed by atoms with van der Waals surface area (Å²) in [6.45, 7) is 7.07. The molecule has 2 saturated heterocycles. The molecule has 1 N–H and O–H groups in total. The molecule has 2 fully saturated rings. The first kappa shape index (κ1) is 15.9. The summed E-state index contributed by atoms with van der Waals surface area (Å²) in [6.07, 6.45) is 1.68. The third-order valence-electron chi connectivity index (χ3n) is 4.40. The summed E-state index contributed by atoms with van der Waals surface area (Å²) in [5.74, 6) is 0.265. The molecule has 5 nitrogen and oxygen atoms in total. The van der Waals surface area contributed by atoms with Crippen molar-refractivity contribution < 1.29 is 9.53 Å². The third-order valence-corrected chi connectivity index (χ3v) is 5.34. The van der Waals surface area contributed by atoms with E-state index in [1.807, 2.05) is 16.2 Å². The number of nitrogens with one attached hydrogen (secondary N) is 1. The zero-order valence-corrected chi connectivity index (χ0v) is 13.8. The Kier molecular flexibility index (Phi) is 5.83. The van der Waals surface area contributed by atoms with Gasteiger partial charge in [0, 0.05) is 56.6 Å². The van der Waals surface area contributed by atoms with Crippen LogP contribution in [0.2, 0.25) is 0 Å². The van der Waals surface area contributed by atoms with E-state index in [-0.39, 0.29) is 11.9 Å². The zero-order chi connectivity index (χ0) is 15.2. The minimum absolute atomic E-state index is 0.193. The molecule has 1 atom stereocenters. The number of carbonyl (C=O) groups is 1. The molecule has 1 unspecified atom stereocenters. The van der Waals surface area contributed by atoms with Crippen molar-refractivity contribution in [1.29, 1.82) is 0 Å². The Morgan fingerprint density at radius 2 is 2.23 bits per heavy atom. The van der Waals surface area contributed by atoms with Gasteiger partial charge in [0.25, 0.3) is 0 Å². The van der Waals surface area contributed by atoms with Crippen LogP contribution >= 0.6 is 11.3 Å². The largest absolute Gasteiger partial charge is 0.378 e. The zero-order valence-electron chi connectivity index (χ0n) is 13.0. The van der Waals surface area contributed by atoms with Crippen LogP contribution in [-0.2, 0) is 16.0 Å². The molecular formula is C16H25N3O2S. The van der Waals surface area contributed by atoms with Crippen molar-refractivity contribution >= 4 is 17.2 Å². The van der Waals surface area contributed by atoms with Gasteiger partial charge in [-0.1, -0.05) is 6.07 Å². The predicted octanol–water partition coefficient (Wildman–Crippen LogP) is 0.813. The van der Waals surface area contributed by atoms with Crippen LogP contribution in [0.15, 0.2) is 17.5 Å². The lowest BCUT2D eigenvalue weighted by molar-refractivity contribution is -0.134. The van der Waals surface area contributed by atoms with Gasteiger partial charge >= 0.3 is 0 Å². The van der Waals surface area contributed by atoms with Crippen molar-refractivity contribution in [2.24, 2.45) is 0 Å². The number of rotatable bonds is 5. The van der Waals surface area contributed by atoms with E-state index in [1.54, 1.807) is 0 Å². The van der Waals surface area contributed by atoms with Gasteiger partial charge in [-0.2, -0.15) is 0 Å². The summed E-state index contributed by atoms with van der Waals surface area (Å²) < 4.78 is 5.41. The van der Waals surface area contributed by atoms with Gasteiger partial charge in [-0.25, -0.2) is 0 Å². The Bertz CT molecular complexity index is 452. The summed E-state index contributed by atoms with van der Waals surface area (Å²) in [6, 6.07) is 4.50. The monoisotopic (exact) mass is 323 g/mol. The standard InChI is InChI=1S/C16H25N3O2S/c20-16(12-14-13-21-10-4-17-14)19-8-6-18(7-9-19)5-3-15-2-1-11-22-15/h1-2,11,14,17H,3-10,12-13H2. The number of carbonyl (C=O) groups excluding carboxylic acids is 1. The molecule has 6 heteroatoms. The second-order valence-electron chi connectivity index (χ2n) is 5.98. The van der Waals surface area contributed by atoms with E-state index in [9.17, 15) is 4.79 Å². The maximum atomic E-state index is 12.3. The van der Waals surface area contributed by atoms with E-state index in [4.69, 9.17) is 4.74 Å². The number of nitrogens with zero attached hydrogens (tertiary/aromatic N) is 2. The molecule has 1 amide bonds. The third kappa shape index (κ3) is 4.52. The Morgan fingerprint density at radius 1 is 1.36 bits per heavy atom. The Labute approximate surface area is 136 Å². The second-order valence-corrected chi connectivity index (χ2v) is 7.01. The summed E-state index contributed by atoms with van der Waals surface area (Å²) in [5.41, 5.74) is 0.